The second-order valence-corrected chi connectivity index (χ2v) is 11.0. The molecule has 4 rings (SSSR count). The largest absolute Gasteiger partial charge is 0.382 e. The van der Waals surface area contributed by atoms with Gasteiger partial charge < -0.3 is 5.32 Å². The van der Waals surface area contributed by atoms with Gasteiger partial charge in [-0.25, -0.2) is 12.8 Å². The second-order valence-electron chi connectivity index (χ2n) is 8.05. The maximum atomic E-state index is 13.3. The minimum atomic E-state index is -3.75. The van der Waals surface area contributed by atoms with Crippen LogP contribution in [0.5, 0.6) is 0 Å². The predicted molar refractivity (Wildman–Crippen MR) is 125 cm³/mol. The van der Waals surface area contributed by atoms with Crippen LogP contribution in [0.2, 0.25) is 0 Å². The summed E-state index contributed by atoms with van der Waals surface area (Å²) in [5.74, 6) is 1.58. The molecule has 8 heteroatoms. The average Bonchev–Trinajstić information content (AvgIpc) is 2.73. The van der Waals surface area contributed by atoms with Crippen molar-refractivity contribution in [1.82, 2.24) is 9.29 Å². The number of pyridine rings is 1. The number of anilines is 1. The summed E-state index contributed by atoms with van der Waals surface area (Å²) in [6, 6.07) is 11.5. The van der Waals surface area contributed by atoms with Crippen molar-refractivity contribution in [3.05, 3.63) is 66.2 Å². The molecule has 31 heavy (non-hydrogen) atoms. The number of fused-ring (bicyclic) bond motifs is 1. The molecule has 1 aliphatic carbocycles. The van der Waals surface area contributed by atoms with Gasteiger partial charge in [0, 0.05) is 48.5 Å². The van der Waals surface area contributed by atoms with E-state index in [1.807, 2.05) is 17.8 Å². The molecule has 0 amide bonds. The molecule has 1 heterocycles. The smallest absolute Gasteiger partial charge is 0.243 e. The molecule has 0 aliphatic heterocycles. The minimum Gasteiger partial charge on any atom is -0.382 e. The van der Waals surface area contributed by atoms with Gasteiger partial charge in [0.05, 0.1) is 4.90 Å². The number of aromatic nitrogens is 1. The molecule has 0 radical (unpaired) electrons. The Kier molecular flexibility index (Phi) is 6.50. The van der Waals surface area contributed by atoms with Crippen LogP contribution in [0.3, 0.4) is 0 Å². The topological polar surface area (TPSA) is 62.3 Å². The Bertz CT molecular complexity index is 1160. The van der Waals surface area contributed by atoms with Gasteiger partial charge in [-0.1, -0.05) is 12.1 Å². The Balaban J connectivity index is 1.59. The van der Waals surface area contributed by atoms with Crippen LogP contribution in [-0.4, -0.2) is 42.8 Å². The summed E-state index contributed by atoms with van der Waals surface area (Å²) < 4.78 is 41.1. The van der Waals surface area contributed by atoms with Gasteiger partial charge in [0.25, 0.3) is 0 Å². The number of nitrogens with zero attached hydrogens (tertiary/aromatic N) is 2. The summed E-state index contributed by atoms with van der Waals surface area (Å²) in [6.07, 6.45) is 7.72. The number of rotatable bonds is 8. The van der Waals surface area contributed by atoms with Crippen LogP contribution in [0.25, 0.3) is 10.8 Å². The summed E-state index contributed by atoms with van der Waals surface area (Å²) in [6.45, 7) is 0.161. The third-order valence-electron chi connectivity index (χ3n) is 5.78. The van der Waals surface area contributed by atoms with Crippen LogP contribution in [0, 0.1) is 11.7 Å². The normalized spacial score (nSPS) is 18.8. The van der Waals surface area contributed by atoms with Crippen molar-refractivity contribution in [3.8, 4) is 0 Å². The van der Waals surface area contributed by atoms with Crippen LogP contribution in [0.1, 0.15) is 18.4 Å². The minimum absolute atomic E-state index is 0.161. The van der Waals surface area contributed by atoms with Crippen molar-refractivity contribution in [2.75, 3.05) is 24.4 Å². The van der Waals surface area contributed by atoms with E-state index in [9.17, 15) is 12.8 Å². The molecule has 5 nitrogen and oxygen atoms in total. The number of halogens is 1. The second kappa shape index (κ2) is 9.14. The molecule has 1 aliphatic rings. The molecular formula is C23H26FN3O2S2. The molecule has 0 atom stereocenters. The zero-order chi connectivity index (χ0) is 22.0. The van der Waals surface area contributed by atoms with Crippen LogP contribution >= 0.6 is 11.8 Å². The van der Waals surface area contributed by atoms with Gasteiger partial charge >= 0.3 is 0 Å². The molecule has 0 saturated heterocycles. The summed E-state index contributed by atoms with van der Waals surface area (Å²) >= 11 is 1.88. The molecule has 0 bridgehead atoms. The van der Waals surface area contributed by atoms with Crippen molar-refractivity contribution in [2.24, 2.45) is 5.92 Å². The predicted octanol–water partition coefficient (Wildman–Crippen LogP) is 4.75. The SMILES string of the molecule is CSCC1CC(Nc2ccc(S(=O)(=O)N(C)Cc3ccc(F)cc3)c3ccncc23)C1. The molecule has 1 saturated carbocycles. The van der Waals surface area contributed by atoms with E-state index < -0.39 is 10.0 Å². The van der Waals surface area contributed by atoms with Crippen LogP contribution in [0.4, 0.5) is 10.1 Å². The quantitative estimate of drug-likeness (QED) is 0.527. The first-order valence-corrected chi connectivity index (χ1v) is 13.0. The Morgan fingerprint density at radius 1 is 1.13 bits per heavy atom. The van der Waals surface area contributed by atoms with Crippen molar-refractivity contribution >= 4 is 38.2 Å². The fourth-order valence-corrected chi connectivity index (χ4v) is 6.15. The molecule has 0 spiro atoms. The number of benzene rings is 2. The lowest BCUT2D eigenvalue weighted by atomic mass is 9.81. The lowest BCUT2D eigenvalue weighted by molar-refractivity contribution is 0.315. The highest BCUT2D eigenvalue weighted by atomic mass is 32.2. The number of nitrogens with one attached hydrogen (secondary N) is 1. The molecule has 1 N–H and O–H groups in total. The first-order chi connectivity index (χ1) is 14.9. The van der Waals surface area contributed by atoms with E-state index in [2.05, 4.69) is 16.6 Å². The van der Waals surface area contributed by atoms with E-state index in [4.69, 9.17) is 0 Å². The van der Waals surface area contributed by atoms with E-state index in [1.54, 1.807) is 36.7 Å². The van der Waals surface area contributed by atoms with Crippen LogP contribution in [-0.2, 0) is 16.6 Å². The van der Waals surface area contributed by atoms with E-state index in [0.29, 0.717) is 11.4 Å². The van der Waals surface area contributed by atoms with Gasteiger partial charge in [-0.2, -0.15) is 16.1 Å². The Labute approximate surface area is 187 Å². The lowest BCUT2D eigenvalue weighted by Gasteiger charge is -2.36. The fraction of sp³-hybridized carbons (Fsp3) is 0.348. The van der Waals surface area contributed by atoms with Crippen molar-refractivity contribution < 1.29 is 12.8 Å². The lowest BCUT2D eigenvalue weighted by Crippen LogP contribution is -2.36. The molecule has 2 aromatic carbocycles. The van der Waals surface area contributed by atoms with Gasteiger partial charge in [0.2, 0.25) is 10.0 Å². The molecular weight excluding hydrogens is 433 g/mol. The van der Waals surface area contributed by atoms with Crippen molar-refractivity contribution in [2.45, 2.75) is 30.3 Å². The van der Waals surface area contributed by atoms with E-state index in [0.717, 1.165) is 35.4 Å². The summed E-state index contributed by atoms with van der Waals surface area (Å²) in [5, 5.41) is 5.01. The standard InChI is InChI=1S/C23H26FN3O2S2/c1-27(14-16-3-5-18(24)6-4-16)31(28,29)23-8-7-22(21-13-25-10-9-20(21)23)26-19-11-17(12-19)15-30-2/h3-10,13,17,19,26H,11-12,14-15H2,1-2H3. The Hall–Kier alpha value is -2.16. The monoisotopic (exact) mass is 459 g/mol. The summed E-state index contributed by atoms with van der Waals surface area (Å²) in [5.41, 5.74) is 1.64. The maximum absolute atomic E-state index is 13.3. The Morgan fingerprint density at radius 2 is 1.87 bits per heavy atom. The molecule has 1 aromatic heterocycles. The molecule has 0 unspecified atom stereocenters. The van der Waals surface area contributed by atoms with E-state index >= 15 is 0 Å². The zero-order valence-electron chi connectivity index (χ0n) is 17.6. The molecule has 164 valence electrons. The van der Waals surface area contributed by atoms with Crippen LogP contribution < -0.4 is 5.32 Å². The Morgan fingerprint density at radius 3 is 2.58 bits per heavy atom. The van der Waals surface area contributed by atoms with Gasteiger partial charge in [-0.15, -0.1) is 0 Å². The first-order valence-electron chi connectivity index (χ1n) is 10.2. The fourth-order valence-electron chi connectivity index (χ4n) is 4.06. The average molecular weight is 460 g/mol. The van der Waals surface area contributed by atoms with Gasteiger partial charge in [0.15, 0.2) is 0 Å². The van der Waals surface area contributed by atoms with Crippen molar-refractivity contribution in [3.63, 3.8) is 0 Å². The highest BCUT2D eigenvalue weighted by Crippen LogP contribution is 2.36. The van der Waals surface area contributed by atoms with E-state index in [-0.39, 0.29) is 17.3 Å². The molecule has 1 fully saturated rings. The third-order valence-corrected chi connectivity index (χ3v) is 8.45. The molecule has 3 aromatic rings. The van der Waals surface area contributed by atoms with Gasteiger partial charge in [-0.05, 0) is 66.7 Å². The highest BCUT2D eigenvalue weighted by molar-refractivity contribution is 7.98. The number of hydrogen-bond donors (Lipinski definition) is 1. The first kappa shape index (κ1) is 22.0. The summed E-state index contributed by atoms with van der Waals surface area (Å²) in [7, 11) is -2.21. The summed E-state index contributed by atoms with van der Waals surface area (Å²) in [4.78, 5) is 4.47. The van der Waals surface area contributed by atoms with Crippen molar-refractivity contribution in [1.29, 1.82) is 0 Å². The van der Waals surface area contributed by atoms with Crippen LogP contribution in [0.15, 0.2) is 59.8 Å². The van der Waals surface area contributed by atoms with E-state index in [1.165, 1.54) is 29.2 Å². The number of thioether (sulfide) groups is 1. The maximum Gasteiger partial charge on any atom is 0.243 e. The zero-order valence-corrected chi connectivity index (χ0v) is 19.2. The number of hydrogen-bond acceptors (Lipinski definition) is 5. The number of sulfonamides is 1. The third kappa shape index (κ3) is 4.71. The highest BCUT2D eigenvalue weighted by Gasteiger charge is 2.29. The van der Waals surface area contributed by atoms with Gasteiger partial charge in [0.1, 0.15) is 5.82 Å². The van der Waals surface area contributed by atoms with Gasteiger partial charge in [-0.3, -0.25) is 4.98 Å².